The molecule has 1 aromatic rings. The van der Waals surface area contributed by atoms with Crippen LogP contribution in [-0.2, 0) is 0 Å². The topological polar surface area (TPSA) is 20.2 Å². The van der Waals surface area contributed by atoms with Crippen LogP contribution in [0.4, 0.5) is 0 Å². The molecule has 0 fully saturated rings. The van der Waals surface area contributed by atoms with Crippen LogP contribution in [0.5, 0.6) is 5.75 Å². The first-order chi connectivity index (χ1) is 5.46. The van der Waals surface area contributed by atoms with E-state index < -0.39 is 0 Å². The van der Waals surface area contributed by atoms with Crippen LogP contribution in [0, 0.1) is 0 Å². The van der Waals surface area contributed by atoms with Crippen LogP contribution in [0.1, 0.15) is 0 Å². The van der Waals surface area contributed by atoms with E-state index in [0.29, 0.717) is 8.95 Å². The minimum absolute atomic E-state index is 0. The summed E-state index contributed by atoms with van der Waals surface area (Å²) < 4.78 is 3.62. The Labute approximate surface area is 140 Å². The van der Waals surface area contributed by atoms with Crippen LogP contribution in [0.15, 0.2) is 22.4 Å². The van der Waals surface area contributed by atoms with Crippen molar-refractivity contribution < 1.29 is 5.11 Å². The summed E-state index contributed by atoms with van der Waals surface area (Å²) in [6, 6.07) is 0. The summed E-state index contributed by atoms with van der Waals surface area (Å²) in [5, 5.41) is 9.52. The normalized spacial score (nSPS) is 9.62. The fraction of sp³-hybridized carbons (Fsp3) is 0. The maximum absolute atomic E-state index is 9.52. The second kappa shape index (κ2) is 6.23. The Morgan fingerprint density at radius 2 is 0.846 bits per heavy atom. The van der Waals surface area contributed by atoms with E-state index >= 15 is 0 Å². The molecule has 0 spiro atoms. The Balaban J connectivity index is 0.00000144. The molecule has 0 atom stereocenters. The zero-order chi connectivity index (χ0) is 9.46. The van der Waals surface area contributed by atoms with Crippen molar-refractivity contribution in [3.8, 4) is 5.75 Å². The molecule has 1 N–H and O–H groups in total. The zero-order valence-corrected chi connectivity index (χ0v) is 16.3. The van der Waals surface area contributed by atoms with Crippen LogP contribution >= 0.6 is 79.6 Å². The van der Waals surface area contributed by atoms with E-state index in [1.807, 2.05) is 0 Å². The monoisotopic (exact) mass is 507 g/mol. The SMILES string of the molecule is Oc1c(Br)c(Br)c(Br)c(Br)c1Br.[Na]. The molecule has 0 saturated heterocycles. The number of hydrogen-bond donors (Lipinski definition) is 1. The van der Waals surface area contributed by atoms with Gasteiger partial charge in [-0.15, -0.1) is 0 Å². The van der Waals surface area contributed by atoms with E-state index in [-0.39, 0.29) is 35.3 Å². The van der Waals surface area contributed by atoms with Gasteiger partial charge in [-0.25, -0.2) is 0 Å². The summed E-state index contributed by atoms with van der Waals surface area (Å²) in [7, 11) is 0. The minimum atomic E-state index is 0. The van der Waals surface area contributed by atoms with Gasteiger partial charge in [0, 0.05) is 34.0 Å². The molecule has 67 valence electrons. The number of hydrogen-bond acceptors (Lipinski definition) is 1. The molecular formula is C6HBr5NaO. The maximum atomic E-state index is 9.52. The molecule has 0 aliphatic rings. The van der Waals surface area contributed by atoms with Gasteiger partial charge in [-0.2, -0.15) is 0 Å². The van der Waals surface area contributed by atoms with Gasteiger partial charge < -0.3 is 5.11 Å². The van der Waals surface area contributed by atoms with Crippen LogP contribution in [0.2, 0.25) is 0 Å². The zero-order valence-electron chi connectivity index (χ0n) is 6.34. The Morgan fingerprint density at radius 1 is 0.615 bits per heavy atom. The molecule has 0 heterocycles. The smallest absolute Gasteiger partial charge is 0.146 e. The Bertz CT molecular complexity index is 235. The average Bonchev–Trinajstić information content (AvgIpc) is 2.08. The quantitative estimate of drug-likeness (QED) is 0.301. The third-order valence-corrected chi connectivity index (χ3v) is 7.24. The fourth-order valence-corrected chi connectivity index (χ4v) is 3.62. The van der Waals surface area contributed by atoms with Crippen molar-refractivity contribution in [2.75, 3.05) is 0 Å². The van der Waals surface area contributed by atoms with Gasteiger partial charge in [0.2, 0.25) is 0 Å². The third kappa shape index (κ3) is 3.19. The molecule has 0 unspecified atom stereocenters. The van der Waals surface area contributed by atoms with Crippen molar-refractivity contribution >= 4 is 109 Å². The van der Waals surface area contributed by atoms with Crippen molar-refractivity contribution in [3.63, 3.8) is 0 Å². The van der Waals surface area contributed by atoms with Crippen molar-refractivity contribution in [1.82, 2.24) is 0 Å². The van der Waals surface area contributed by atoms with Gasteiger partial charge in [-0.1, -0.05) is 0 Å². The number of benzene rings is 1. The van der Waals surface area contributed by atoms with Crippen LogP contribution < -0.4 is 0 Å². The standard InChI is InChI=1S/C6HBr5O.Na/c7-1-2(8)4(10)6(12)5(11)3(1)9;/h12H;. The molecule has 0 amide bonds. The molecule has 0 aliphatic heterocycles. The molecule has 7 heteroatoms. The number of halogens is 5. The first-order valence-corrected chi connectivity index (χ1v) is 6.63. The predicted octanol–water partition coefficient (Wildman–Crippen LogP) is 4.82. The van der Waals surface area contributed by atoms with E-state index in [0.717, 1.165) is 13.4 Å². The summed E-state index contributed by atoms with van der Waals surface area (Å²) in [5.74, 6) is 0.164. The van der Waals surface area contributed by atoms with Crippen LogP contribution in [-0.4, -0.2) is 34.7 Å². The van der Waals surface area contributed by atoms with Crippen molar-refractivity contribution in [2.24, 2.45) is 0 Å². The number of rotatable bonds is 0. The first-order valence-electron chi connectivity index (χ1n) is 2.67. The molecule has 1 aromatic carbocycles. The Morgan fingerprint density at radius 3 is 1.15 bits per heavy atom. The Kier molecular flexibility index (Phi) is 7.39. The summed E-state index contributed by atoms with van der Waals surface area (Å²) in [5.41, 5.74) is 0. The van der Waals surface area contributed by atoms with Crippen LogP contribution in [0.3, 0.4) is 0 Å². The number of phenols is 1. The van der Waals surface area contributed by atoms with Crippen LogP contribution in [0.25, 0.3) is 0 Å². The molecular weight excluding hydrogens is 511 g/mol. The third-order valence-electron chi connectivity index (χ3n) is 1.19. The Hall–Kier alpha value is 2.42. The summed E-state index contributed by atoms with van der Waals surface area (Å²) in [6.07, 6.45) is 0. The van der Waals surface area contributed by atoms with E-state index in [2.05, 4.69) is 79.6 Å². The van der Waals surface area contributed by atoms with Gasteiger partial charge in [0.25, 0.3) is 0 Å². The first kappa shape index (κ1) is 15.4. The second-order valence-corrected chi connectivity index (χ2v) is 5.88. The maximum Gasteiger partial charge on any atom is 0.146 e. The molecule has 0 aliphatic carbocycles. The van der Waals surface area contributed by atoms with Gasteiger partial charge in [-0.05, 0) is 79.6 Å². The van der Waals surface area contributed by atoms with E-state index in [4.69, 9.17) is 0 Å². The van der Waals surface area contributed by atoms with Gasteiger partial charge in [-0.3, -0.25) is 0 Å². The molecule has 0 bridgehead atoms. The van der Waals surface area contributed by atoms with Gasteiger partial charge in [0.05, 0.1) is 17.9 Å². The molecule has 1 radical (unpaired) electrons. The van der Waals surface area contributed by atoms with E-state index in [1.54, 1.807) is 0 Å². The molecule has 0 saturated carbocycles. The van der Waals surface area contributed by atoms with Crippen molar-refractivity contribution in [1.29, 1.82) is 0 Å². The summed E-state index contributed by atoms with van der Waals surface area (Å²) >= 11 is 16.4. The largest absolute Gasteiger partial charge is 0.505 e. The van der Waals surface area contributed by atoms with Gasteiger partial charge in [0.15, 0.2) is 0 Å². The molecule has 1 nitrogen and oxygen atoms in total. The summed E-state index contributed by atoms with van der Waals surface area (Å²) in [6.45, 7) is 0. The average molecular weight is 512 g/mol. The predicted molar refractivity (Wildman–Crippen MR) is 72.4 cm³/mol. The van der Waals surface area contributed by atoms with E-state index in [9.17, 15) is 5.11 Å². The van der Waals surface area contributed by atoms with Crippen molar-refractivity contribution in [3.05, 3.63) is 22.4 Å². The van der Waals surface area contributed by atoms with Gasteiger partial charge >= 0.3 is 0 Å². The van der Waals surface area contributed by atoms with Gasteiger partial charge in [0.1, 0.15) is 5.75 Å². The van der Waals surface area contributed by atoms with Crippen molar-refractivity contribution in [2.45, 2.75) is 0 Å². The number of phenolic OH excluding ortho intramolecular Hbond substituents is 1. The number of aromatic hydroxyl groups is 1. The second-order valence-electron chi connectivity index (χ2n) is 1.92. The minimum Gasteiger partial charge on any atom is -0.505 e. The molecule has 0 aromatic heterocycles. The summed E-state index contributed by atoms with van der Waals surface area (Å²) in [4.78, 5) is 0. The molecule has 13 heavy (non-hydrogen) atoms. The van der Waals surface area contributed by atoms with E-state index in [1.165, 1.54) is 0 Å². The molecule has 1 rings (SSSR count). The fourth-order valence-electron chi connectivity index (χ4n) is 0.593.